The highest BCUT2D eigenvalue weighted by Crippen LogP contribution is 2.11. The summed E-state index contributed by atoms with van der Waals surface area (Å²) in [7, 11) is 0. The quantitative estimate of drug-likeness (QED) is 0.770. The van der Waals surface area contributed by atoms with Crippen molar-refractivity contribution >= 4 is 5.97 Å². The van der Waals surface area contributed by atoms with Gasteiger partial charge in [-0.3, -0.25) is 4.79 Å². The summed E-state index contributed by atoms with van der Waals surface area (Å²) in [5.74, 6) is -0.249. The molecule has 3 heteroatoms. The fraction of sp³-hybridized carbons (Fsp3) is 0.500. The van der Waals surface area contributed by atoms with Crippen LogP contribution in [-0.2, 0) is 9.53 Å². The number of hydrogen-bond donors (Lipinski definition) is 1. The van der Waals surface area contributed by atoms with E-state index in [1.54, 1.807) is 0 Å². The van der Waals surface area contributed by atoms with Crippen molar-refractivity contribution in [2.24, 2.45) is 5.92 Å². The van der Waals surface area contributed by atoms with Gasteiger partial charge in [0, 0.05) is 12.6 Å². The van der Waals surface area contributed by atoms with Crippen LogP contribution < -0.4 is 5.32 Å². The van der Waals surface area contributed by atoms with E-state index in [2.05, 4.69) is 24.4 Å². The molecule has 1 aromatic carbocycles. The average molecular weight is 235 g/mol. The monoisotopic (exact) mass is 235 g/mol. The third-order valence-electron chi connectivity index (χ3n) is 2.72. The van der Waals surface area contributed by atoms with Gasteiger partial charge in [-0.25, -0.2) is 0 Å². The van der Waals surface area contributed by atoms with Crippen LogP contribution in [0.3, 0.4) is 0 Å². The molecule has 0 heterocycles. The van der Waals surface area contributed by atoms with Gasteiger partial charge >= 0.3 is 5.97 Å². The lowest BCUT2D eigenvalue weighted by Crippen LogP contribution is -2.29. The fourth-order valence-electron chi connectivity index (χ4n) is 1.58. The molecule has 0 bridgehead atoms. The first-order chi connectivity index (χ1) is 8.15. The van der Waals surface area contributed by atoms with Gasteiger partial charge in [0.2, 0.25) is 0 Å². The molecule has 0 saturated heterocycles. The van der Waals surface area contributed by atoms with Crippen LogP contribution in [0.25, 0.3) is 0 Å². The van der Waals surface area contributed by atoms with E-state index in [0.29, 0.717) is 13.2 Å². The lowest BCUT2D eigenvalue weighted by Gasteiger charge is -2.17. The number of benzene rings is 1. The lowest BCUT2D eigenvalue weighted by atomic mass is 10.1. The molecule has 1 unspecified atom stereocenters. The maximum absolute atomic E-state index is 11.4. The maximum atomic E-state index is 11.4. The Kier molecular flexibility index (Phi) is 5.70. The van der Waals surface area contributed by atoms with Crippen LogP contribution in [0.1, 0.15) is 32.4 Å². The number of carbonyl (C=O) groups excluding carboxylic acids is 1. The number of nitrogens with one attached hydrogen (secondary N) is 1. The largest absolute Gasteiger partial charge is 0.466 e. The summed E-state index contributed by atoms with van der Waals surface area (Å²) in [5.41, 5.74) is 1.23. The molecular weight excluding hydrogens is 214 g/mol. The molecule has 2 atom stereocenters. The molecule has 0 amide bonds. The predicted molar refractivity (Wildman–Crippen MR) is 68.7 cm³/mol. The van der Waals surface area contributed by atoms with Gasteiger partial charge in [0.1, 0.15) is 0 Å². The molecule has 1 rings (SSSR count). The molecule has 0 aliphatic carbocycles. The van der Waals surface area contributed by atoms with Crippen LogP contribution in [-0.4, -0.2) is 19.1 Å². The molecule has 3 nitrogen and oxygen atoms in total. The Morgan fingerprint density at radius 2 is 1.94 bits per heavy atom. The summed E-state index contributed by atoms with van der Waals surface area (Å²) in [6, 6.07) is 10.4. The van der Waals surface area contributed by atoms with E-state index in [1.165, 1.54) is 5.56 Å². The third-order valence-corrected chi connectivity index (χ3v) is 2.72. The van der Waals surface area contributed by atoms with E-state index < -0.39 is 0 Å². The Morgan fingerprint density at radius 1 is 1.29 bits per heavy atom. The Morgan fingerprint density at radius 3 is 2.53 bits per heavy atom. The Hall–Kier alpha value is -1.35. The van der Waals surface area contributed by atoms with E-state index in [9.17, 15) is 4.79 Å². The zero-order valence-electron chi connectivity index (χ0n) is 10.8. The predicted octanol–water partition coefficient (Wildman–Crippen LogP) is 2.54. The van der Waals surface area contributed by atoms with Crippen molar-refractivity contribution in [2.45, 2.75) is 26.8 Å². The number of rotatable bonds is 6. The van der Waals surface area contributed by atoms with Crippen LogP contribution in [0.15, 0.2) is 30.3 Å². The highest BCUT2D eigenvalue weighted by molar-refractivity contribution is 5.72. The molecule has 0 fully saturated rings. The Bertz CT molecular complexity index is 337. The second kappa shape index (κ2) is 7.07. The molecule has 0 aromatic heterocycles. The van der Waals surface area contributed by atoms with E-state index in [0.717, 1.165) is 0 Å². The van der Waals surface area contributed by atoms with Gasteiger partial charge in [-0.05, 0) is 19.4 Å². The van der Waals surface area contributed by atoms with E-state index in [-0.39, 0.29) is 17.9 Å². The first-order valence-electron chi connectivity index (χ1n) is 6.10. The van der Waals surface area contributed by atoms with Gasteiger partial charge in [0.25, 0.3) is 0 Å². The van der Waals surface area contributed by atoms with Crippen molar-refractivity contribution in [3.05, 3.63) is 35.9 Å². The van der Waals surface area contributed by atoms with E-state index >= 15 is 0 Å². The minimum absolute atomic E-state index is 0.110. The summed E-state index contributed by atoms with van der Waals surface area (Å²) in [6.45, 7) is 6.87. The molecule has 17 heavy (non-hydrogen) atoms. The van der Waals surface area contributed by atoms with Gasteiger partial charge in [-0.1, -0.05) is 37.3 Å². The first kappa shape index (κ1) is 13.7. The zero-order valence-corrected chi connectivity index (χ0v) is 10.8. The normalized spacial score (nSPS) is 14.1. The standard InChI is InChI=1S/C14H21NO2/c1-4-17-14(16)11(2)10-15-12(3)13-8-6-5-7-9-13/h5-9,11-12,15H,4,10H2,1-3H3/t11?,12-/m1/s1. The molecule has 0 spiro atoms. The number of ether oxygens (including phenoxy) is 1. The fourth-order valence-corrected chi connectivity index (χ4v) is 1.58. The second-order valence-corrected chi connectivity index (χ2v) is 4.19. The maximum Gasteiger partial charge on any atom is 0.309 e. The van der Waals surface area contributed by atoms with Crippen molar-refractivity contribution < 1.29 is 9.53 Å². The smallest absolute Gasteiger partial charge is 0.309 e. The molecule has 1 aromatic rings. The van der Waals surface area contributed by atoms with E-state index in [4.69, 9.17) is 4.74 Å². The number of esters is 1. The summed E-state index contributed by atoms with van der Waals surface area (Å²) in [6.07, 6.45) is 0. The van der Waals surface area contributed by atoms with Crippen LogP contribution in [0.2, 0.25) is 0 Å². The SMILES string of the molecule is CCOC(=O)C(C)CN[C@H](C)c1ccccc1. The molecular formula is C14H21NO2. The van der Waals surface area contributed by atoms with Gasteiger partial charge in [-0.15, -0.1) is 0 Å². The van der Waals surface area contributed by atoms with Gasteiger partial charge in [0.05, 0.1) is 12.5 Å². The summed E-state index contributed by atoms with van der Waals surface area (Å²) < 4.78 is 4.96. The van der Waals surface area contributed by atoms with Crippen molar-refractivity contribution in [3.8, 4) is 0 Å². The van der Waals surface area contributed by atoms with Gasteiger partial charge < -0.3 is 10.1 Å². The van der Waals surface area contributed by atoms with Gasteiger partial charge in [-0.2, -0.15) is 0 Å². The van der Waals surface area contributed by atoms with Crippen molar-refractivity contribution in [1.29, 1.82) is 0 Å². The molecule has 0 saturated carbocycles. The molecule has 1 N–H and O–H groups in total. The van der Waals surface area contributed by atoms with Crippen LogP contribution >= 0.6 is 0 Å². The van der Waals surface area contributed by atoms with E-state index in [1.807, 2.05) is 32.0 Å². The highest BCUT2D eigenvalue weighted by Gasteiger charge is 2.14. The summed E-state index contributed by atoms with van der Waals surface area (Å²) >= 11 is 0. The van der Waals surface area contributed by atoms with Crippen LogP contribution in [0, 0.1) is 5.92 Å². The van der Waals surface area contributed by atoms with Gasteiger partial charge in [0.15, 0.2) is 0 Å². The van der Waals surface area contributed by atoms with Crippen molar-refractivity contribution in [1.82, 2.24) is 5.32 Å². The number of carbonyl (C=O) groups is 1. The van der Waals surface area contributed by atoms with Crippen molar-refractivity contribution in [2.75, 3.05) is 13.2 Å². The molecule has 0 aliphatic rings. The average Bonchev–Trinajstić information content (AvgIpc) is 2.36. The summed E-state index contributed by atoms with van der Waals surface area (Å²) in [5, 5.41) is 3.34. The topological polar surface area (TPSA) is 38.3 Å². The third kappa shape index (κ3) is 4.57. The van der Waals surface area contributed by atoms with Crippen LogP contribution in [0.5, 0.6) is 0 Å². The summed E-state index contributed by atoms with van der Waals surface area (Å²) in [4.78, 5) is 11.4. The Balaban J connectivity index is 2.38. The molecule has 0 aliphatic heterocycles. The Labute approximate surface area is 103 Å². The number of hydrogen-bond acceptors (Lipinski definition) is 3. The molecule has 0 radical (unpaired) electrons. The highest BCUT2D eigenvalue weighted by atomic mass is 16.5. The lowest BCUT2D eigenvalue weighted by molar-refractivity contribution is -0.147. The van der Waals surface area contributed by atoms with Crippen LogP contribution in [0.4, 0.5) is 0 Å². The minimum atomic E-state index is -0.139. The first-order valence-corrected chi connectivity index (χ1v) is 6.10. The van der Waals surface area contributed by atoms with Crippen molar-refractivity contribution in [3.63, 3.8) is 0 Å². The molecule has 94 valence electrons. The zero-order chi connectivity index (χ0) is 12.7. The minimum Gasteiger partial charge on any atom is -0.466 e. The second-order valence-electron chi connectivity index (χ2n) is 4.19.